The normalized spacial score (nSPS) is 11.9. The molecule has 1 N–H and O–H groups in total. The number of nitrogens with zero attached hydrogens (tertiary/aromatic N) is 2. The third-order valence-corrected chi connectivity index (χ3v) is 8.33. The number of benzene rings is 3. The van der Waals surface area contributed by atoms with Crippen LogP contribution in [0.15, 0.2) is 77.7 Å². The Kier molecular flexibility index (Phi) is 11.0. The van der Waals surface area contributed by atoms with E-state index >= 15 is 0 Å². The van der Waals surface area contributed by atoms with Gasteiger partial charge < -0.3 is 15.0 Å². The quantitative estimate of drug-likeness (QED) is 0.298. The molecule has 1 atom stereocenters. The largest absolute Gasteiger partial charge is 0.492 e. The van der Waals surface area contributed by atoms with E-state index in [-0.39, 0.29) is 23.0 Å². The van der Waals surface area contributed by atoms with Gasteiger partial charge >= 0.3 is 0 Å². The second-order valence-electron chi connectivity index (χ2n) is 9.34. The van der Waals surface area contributed by atoms with Crippen LogP contribution in [0.25, 0.3) is 0 Å². The molecule has 10 heteroatoms. The molecular weight excluding hydrogens is 550 g/mol. The maximum absolute atomic E-state index is 14.0. The van der Waals surface area contributed by atoms with Gasteiger partial charge in [-0.05, 0) is 69.2 Å². The molecule has 3 aromatic carbocycles. The number of ether oxygens (including phenoxy) is 1. The lowest BCUT2D eigenvalue weighted by Crippen LogP contribution is -2.51. The fourth-order valence-corrected chi connectivity index (χ4v) is 5.61. The van der Waals surface area contributed by atoms with Crippen LogP contribution >= 0.6 is 11.6 Å². The van der Waals surface area contributed by atoms with Crippen LogP contribution < -0.4 is 14.4 Å². The molecule has 214 valence electrons. The van der Waals surface area contributed by atoms with Gasteiger partial charge in [-0.25, -0.2) is 8.42 Å². The number of hydrogen-bond donors (Lipinski definition) is 1. The van der Waals surface area contributed by atoms with Crippen LogP contribution in [-0.4, -0.2) is 50.9 Å². The summed E-state index contributed by atoms with van der Waals surface area (Å²) in [6.07, 6.45) is 0.742. The van der Waals surface area contributed by atoms with Crippen molar-refractivity contribution in [1.82, 2.24) is 10.2 Å². The Hall–Kier alpha value is -3.56. The molecule has 0 spiro atoms. The minimum absolute atomic E-state index is 0.0326. The molecule has 0 bridgehead atoms. The lowest BCUT2D eigenvalue weighted by molar-refractivity contribution is -0.139. The summed E-state index contributed by atoms with van der Waals surface area (Å²) in [6.45, 7) is 7.68. The minimum Gasteiger partial charge on any atom is -0.492 e. The highest BCUT2D eigenvalue weighted by Gasteiger charge is 2.33. The first-order valence-electron chi connectivity index (χ1n) is 13.2. The molecule has 0 saturated heterocycles. The van der Waals surface area contributed by atoms with Crippen LogP contribution in [-0.2, 0) is 26.2 Å². The van der Waals surface area contributed by atoms with Crippen molar-refractivity contribution >= 4 is 39.1 Å². The lowest BCUT2D eigenvalue weighted by atomic mass is 10.1. The molecule has 3 rings (SSSR count). The summed E-state index contributed by atoms with van der Waals surface area (Å²) in [5.74, 6) is -0.540. The number of amides is 2. The average molecular weight is 586 g/mol. The van der Waals surface area contributed by atoms with Gasteiger partial charge in [0.05, 0.1) is 17.2 Å². The van der Waals surface area contributed by atoms with Crippen molar-refractivity contribution in [3.8, 4) is 5.75 Å². The second kappa shape index (κ2) is 14.2. The molecule has 2 amide bonds. The van der Waals surface area contributed by atoms with E-state index in [2.05, 4.69) is 5.32 Å². The standard InChI is InChI=1S/C30H36ClN3O5S/c1-5-19-32-30(36)23(4)33(20-24-13-11-22(3)12-14-24)29(35)21-34(27-9-7-8-10-28(27)39-6-2)40(37,38)26-17-15-25(31)16-18-26/h7-18,23H,5-6,19-21H2,1-4H3,(H,32,36)/t23-/m1/s1. The van der Waals surface area contributed by atoms with Crippen LogP contribution in [0.4, 0.5) is 5.69 Å². The first-order valence-corrected chi connectivity index (χ1v) is 15.0. The van der Waals surface area contributed by atoms with E-state index in [4.69, 9.17) is 16.3 Å². The van der Waals surface area contributed by atoms with E-state index in [0.717, 1.165) is 21.9 Å². The first kappa shape index (κ1) is 31.0. The van der Waals surface area contributed by atoms with Crippen LogP contribution in [0, 0.1) is 6.92 Å². The fraction of sp³-hybridized carbons (Fsp3) is 0.333. The molecule has 8 nitrogen and oxygen atoms in total. The SMILES string of the molecule is CCCNC(=O)[C@@H](C)N(Cc1ccc(C)cc1)C(=O)CN(c1ccccc1OCC)S(=O)(=O)c1ccc(Cl)cc1. The van der Waals surface area contributed by atoms with Gasteiger partial charge in [-0.3, -0.25) is 13.9 Å². The van der Waals surface area contributed by atoms with E-state index in [1.165, 1.54) is 29.2 Å². The van der Waals surface area contributed by atoms with Crippen molar-refractivity contribution in [3.05, 3.63) is 88.9 Å². The van der Waals surface area contributed by atoms with E-state index in [0.29, 0.717) is 23.9 Å². The zero-order chi connectivity index (χ0) is 29.3. The summed E-state index contributed by atoms with van der Waals surface area (Å²) in [7, 11) is -4.23. The van der Waals surface area contributed by atoms with Gasteiger partial charge in [-0.1, -0.05) is 60.5 Å². The topological polar surface area (TPSA) is 96.0 Å². The Morgan fingerprint density at radius 1 is 0.975 bits per heavy atom. The van der Waals surface area contributed by atoms with E-state index in [1.54, 1.807) is 38.1 Å². The van der Waals surface area contributed by atoms with Gasteiger partial charge in [0, 0.05) is 18.1 Å². The molecule has 0 heterocycles. The fourth-order valence-electron chi connectivity index (χ4n) is 4.06. The first-order chi connectivity index (χ1) is 19.1. The number of para-hydroxylation sites is 2. The number of hydrogen-bond acceptors (Lipinski definition) is 5. The van der Waals surface area contributed by atoms with E-state index < -0.39 is 28.5 Å². The molecule has 0 aliphatic carbocycles. The predicted octanol–water partition coefficient (Wildman–Crippen LogP) is 5.19. The third kappa shape index (κ3) is 7.76. The summed E-state index contributed by atoms with van der Waals surface area (Å²) in [4.78, 5) is 28.3. The number of carbonyl (C=O) groups excluding carboxylic acids is 2. The summed E-state index contributed by atoms with van der Waals surface area (Å²) >= 11 is 6.01. The van der Waals surface area contributed by atoms with Gasteiger partial charge in [0.1, 0.15) is 18.3 Å². The highest BCUT2D eigenvalue weighted by molar-refractivity contribution is 7.92. The third-order valence-electron chi connectivity index (χ3n) is 6.30. The van der Waals surface area contributed by atoms with Crippen molar-refractivity contribution in [2.75, 3.05) is 24.0 Å². The maximum Gasteiger partial charge on any atom is 0.264 e. The van der Waals surface area contributed by atoms with Gasteiger partial charge in [0.25, 0.3) is 10.0 Å². The predicted molar refractivity (Wildman–Crippen MR) is 158 cm³/mol. The molecule has 0 fully saturated rings. The molecule has 0 saturated carbocycles. The van der Waals surface area contributed by atoms with Crippen LogP contribution in [0.1, 0.15) is 38.3 Å². The van der Waals surface area contributed by atoms with Crippen molar-refractivity contribution in [1.29, 1.82) is 0 Å². The highest BCUT2D eigenvalue weighted by atomic mass is 35.5. The monoisotopic (exact) mass is 585 g/mol. The van der Waals surface area contributed by atoms with Gasteiger partial charge in [0.15, 0.2) is 0 Å². The summed E-state index contributed by atoms with van der Waals surface area (Å²) in [5.41, 5.74) is 2.09. The smallest absolute Gasteiger partial charge is 0.264 e. The maximum atomic E-state index is 14.0. The van der Waals surface area contributed by atoms with Crippen LogP contribution in [0.5, 0.6) is 5.75 Å². The molecule has 0 aromatic heterocycles. The highest BCUT2D eigenvalue weighted by Crippen LogP contribution is 2.33. The lowest BCUT2D eigenvalue weighted by Gasteiger charge is -2.32. The minimum atomic E-state index is -4.23. The van der Waals surface area contributed by atoms with Crippen molar-refractivity contribution in [3.63, 3.8) is 0 Å². The Labute approximate surface area is 241 Å². The number of anilines is 1. The zero-order valence-corrected chi connectivity index (χ0v) is 24.8. The number of aryl methyl sites for hydroxylation is 1. The molecule has 40 heavy (non-hydrogen) atoms. The van der Waals surface area contributed by atoms with Gasteiger partial charge in [-0.2, -0.15) is 0 Å². The number of halogens is 1. The average Bonchev–Trinajstić information content (AvgIpc) is 2.94. The Balaban J connectivity index is 2.06. The number of sulfonamides is 1. The number of carbonyl (C=O) groups is 2. The number of nitrogens with one attached hydrogen (secondary N) is 1. The Morgan fingerprint density at radius 3 is 2.25 bits per heavy atom. The number of rotatable bonds is 13. The van der Waals surface area contributed by atoms with Gasteiger partial charge in [0.2, 0.25) is 11.8 Å². The summed E-state index contributed by atoms with van der Waals surface area (Å²) in [6, 6.07) is 19.2. The summed E-state index contributed by atoms with van der Waals surface area (Å²) < 4.78 is 34.7. The molecule has 0 unspecified atom stereocenters. The molecule has 0 aliphatic heterocycles. The molecule has 3 aromatic rings. The van der Waals surface area contributed by atoms with Crippen molar-refractivity contribution < 1.29 is 22.7 Å². The van der Waals surface area contributed by atoms with Gasteiger partial charge in [-0.15, -0.1) is 0 Å². The molecular formula is C30H36ClN3O5S. The van der Waals surface area contributed by atoms with Crippen LogP contribution in [0.3, 0.4) is 0 Å². The van der Waals surface area contributed by atoms with Crippen molar-refractivity contribution in [2.45, 2.75) is 51.6 Å². The Bertz CT molecular complexity index is 1400. The summed E-state index contributed by atoms with van der Waals surface area (Å²) in [5, 5.41) is 3.22. The second-order valence-corrected chi connectivity index (χ2v) is 11.6. The van der Waals surface area contributed by atoms with E-state index in [1.807, 2.05) is 38.1 Å². The molecule has 0 aliphatic rings. The Morgan fingerprint density at radius 2 is 1.62 bits per heavy atom. The van der Waals surface area contributed by atoms with E-state index in [9.17, 15) is 18.0 Å². The molecule has 0 radical (unpaired) electrons. The van der Waals surface area contributed by atoms with Crippen molar-refractivity contribution in [2.24, 2.45) is 0 Å². The van der Waals surface area contributed by atoms with Crippen LogP contribution in [0.2, 0.25) is 5.02 Å². The zero-order valence-electron chi connectivity index (χ0n) is 23.3.